The molecule has 3 rings (SSSR count). The molecule has 2 aromatic carbocycles. The minimum absolute atomic E-state index is 0. The van der Waals surface area contributed by atoms with Crippen molar-refractivity contribution in [3.63, 3.8) is 0 Å². The summed E-state index contributed by atoms with van der Waals surface area (Å²) >= 11 is 1.64. The maximum absolute atomic E-state index is 12.5. The first kappa shape index (κ1) is 34.8. The lowest BCUT2D eigenvalue weighted by Gasteiger charge is -2.11. The number of thiazole rings is 1. The number of aromatic nitrogens is 1. The Morgan fingerprint density at radius 2 is 1.32 bits per heavy atom. The predicted octanol–water partition coefficient (Wildman–Crippen LogP) is 5.97. The van der Waals surface area contributed by atoms with E-state index in [4.69, 9.17) is 9.47 Å². The van der Waals surface area contributed by atoms with Crippen molar-refractivity contribution < 1.29 is 35.8 Å². The first-order chi connectivity index (χ1) is 19.7. The number of hydrogen-bond acceptors (Lipinski definition) is 4. The van der Waals surface area contributed by atoms with E-state index in [9.17, 15) is 4.79 Å². The first-order valence-corrected chi connectivity index (χ1v) is 16.3. The van der Waals surface area contributed by atoms with Gasteiger partial charge in [0.1, 0.15) is 11.5 Å². The van der Waals surface area contributed by atoms with Gasteiger partial charge in [0.25, 0.3) is 5.91 Å². The normalized spacial score (nSPS) is 10.7. The molecule has 0 atom stereocenters. The number of anilines is 1. The van der Waals surface area contributed by atoms with Crippen LogP contribution in [-0.4, -0.2) is 19.1 Å². The van der Waals surface area contributed by atoms with Crippen molar-refractivity contribution in [3.05, 3.63) is 71.2 Å². The van der Waals surface area contributed by atoms with Gasteiger partial charge in [-0.05, 0) is 36.8 Å². The SMILES string of the molecule is CCCCCCCCCCCCCCCCOc1ccc(OCC(=O)Nc2ccccc2C[n+]2ccsc2)cc1.[Br-]. The summed E-state index contributed by atoms with van der Waals surface area (Å²) < 4.78 is 13.7. The molecule has 0 saturated heterocycles. The van der Waals surface area contributed by atoms with Crippen LogP contribution in [0.25, 0.3) is 0 Å². The molecule has 0 aliphatic carbocycles. The fourth-order valence-electron chi connectivity index (χ4n) is 4.78. The van der Waals surface area contributed by atoms with E-state index in [0.717, 1.165) is 30.0 Å². The molecular weight excluding hydrogens is 596 g/mol. The Morgan fingerprint density at radius 3 is 1.90 bits per heavy atom. The Labute approximate surface area is 262 Å². The summed E-state index contributed by atoms with van der Waals surface area (Å²) in [5.74, 6) is 1.31. The molecule has 1 N–H and O–H groups in total. The predicted molar refractivity (Wildman–Crippen MR) is 166 cm³/mol. The molecule has 0 bridgehead atoms. The smallest absolute Gasteiger partial charge is 0.262 e. The lowest BCUT2D eigenvalue weighted by Crippen LogP contribution is -3.00. The molecule has 1 amide bonds. The molecule has 7 heteroatoms. The maximum atomic E-state index is 12.5. The monoisotopic (exact) mass is 644 g/mol. The van der Waals surface area contributed by atoms with Gasteiger partial charge in [0.05, 0.1) is 17.7 Å². The summed E-state index contributed by atoms with van der Waals surface area (Å²) in [5, 5.41) is 5.01. The van der Waals surface area contributed by atoms with Crippen molar-refractivity contribution in [2.45, 2.75) is 103 Å². The second-order valence-electron chi connectivity index (χ2n) is 10.6. The quantitative estimate of drug-likeness (QED) is 0.108. The van der Waals surface area contributed by atoms with E-state index in [-0.39, 0.29) is 29.5 Å². The molecule has 1 heterocycles. The molecule has 0 fully saturated rings. The summed E-state index contributed by atoms with van der Waals surface area (Å²) in [6.45, 7) is 3.69. The zero-order chi connectivity index (χ0) is 28.1. The Morgan fingerprint density at radius 1 is 0.756 bits per heavy atom. The number of nitrogens with one attached hydrogen (secondary N) is 1. The molecule has 0 radical (unpaired) electrons. The number of benzene rings is 2. The third-order valence-electron chi connectivity index (χ3n) is 7.13. The molecule has 0 unspecified atom stereocenters. The molecule has 3 aromatic rings. The number of ether oxygens (including phenoxy) is 2. The maximum Gasteiger partial charge on any atom is 0.262 e. The van der Waals surface area contributed by atoms with Gasteiger partial charge >= 0.3 is 0 Å². The molecule has 0 spiro atoms. The zero-order valence-corrected chi connectivity index (χ0v) is 27.2. The van der Waals surface area contributed by atoms with Crippen LogP contribution in [0.2, 0.25) is 0 Å². The standard InChI is InChI=1S/C34H48N2O3S.BrH/c1-2-3-4-5-6-7-8-9-10-11-12-13-14-17-25-38-31-20-22-32(23-21-31)39-28-34(37)35-33-19-16-15-18-30(33)27-36-24-26-40-29-36;/h15-16,18-24,26,29H,2-14,17,25,27-28H2,1H3;1H. The first-order valence-electron chi connectivity index (χ1n) is 15.4. The number of amides is 1. The lowest BCUT2D eigenvalue weighted by molar-refractivity contribution is -0.683. The summed E-state index contributed by atoms with van der Waals surface area (Å²) in [6, 6.07) is 15.4. The average Bonchev–Trinajstić information content (AvgIpc) is 3.49. The number of rotatable bonds is 22. The summed E-state index contributed by atoms with van der Waals surface area (Å²) in [5.41, 5.74) is 3.91. The minimum atomic E-state index is -0.180. The minimum Gasteiger partial charge on any atom is -1.00 e. The van der Waals surface area contributed by atoms with Crippen molar-refractivity contribution in [2.24, 2.45) is 0 Å². The van der Waals surface area contributed by atoms with Gasteiger partial charge in [0.15, 0.2) is 19.3 Å². The number of carbonyl (C=O) groups excluding carboxylic acids is 1. The summed E-state index contributed by atoms with van der Waals surface area (Å²) in [7, 11) is 0. The average molecular weight is 646 g/mol. The van der Waals surface area contributed by atoms with Gasteiger partial charge in [-0.2, -0.15) is 4.57 Å². The summed E-state index contributed by atoms with van der Waals surface area (Å²) in [4.78, 5) is 12.5. The number of halogens is 1. The van der Waals surface area contributed by atoms with Crippen molar-refractivity contribution >= 4 is 22.9 Å². The number of para-hydroxylation sites is 1. The van der Waals surface area contributed by atoms with Crippen LogP contribution < -0.4 is 36.3 Å². The largest absolute Gasteiger partial charge is 1.00 e. The highest BCUT2D eigenvalue weighted by molar-refractivity contribution is 7.07. The molecule has 5 nitrogen and oxygen atoms in total. The Balaban J connectivity index is 0.00000588. The molecule has 1 aromatic heterocycles. The van der Waals surface area contributed by atoms with E-state index in [2.05, 4.69) is 22.3 Å². The van der Waals surface area contributed by atoms with E-state index in [0.29, 0.717) is 12.3 Å². The van der Waals surface area contributed by atoms with Crippen molar-refractivity contribution in [1.29, 1.82) is 0 Å². The second kappa shape index (κ2) is 22.2. The fourth-order valence-corrected chi connectivity index (χ4v) is 5.38. The third-order valence-corrected chi connectivity index (χ3v) is 7.80. The van der Waals surface area contributed by atoms with Crippen LogP contribution in [0, 0.1) is 0 Å². The van der Waals surface area contributed by atoms with Gasteiger partial charge in [-0.15, -0.1) is 0 Å². The highest BCUT2D eigenvalue weighted by atomic mass is 79.9. The van der Waals surface area contributed by atoms with E-state index >= 15 is 0 Å². The van der Waals surface area contributed by atoms with Gasteiger partial charge < -0.3 is 31.8 Å². The van der Waals surface area contributed by atoms with Crippen LogP contribution in [0.15, 0.2) is 65.6 Å². The number of hydrogen-bond donors (Lipinski definition) is 1. The lowest BCUT2D eigenvalue weighted by atomic mass is 10.0. The highest BCUT2D eigenvalue weighted by Crippen LogP contribution is 2.19. The zero-order valence-electron chi connectivity index (χ0n) is 24.8. The van der Waals surface area contributed by atoms with E-state index in [1.807, 2.05) is 60.1 Å². The van der Waals surface area contributed by atoms with Crippen molar-refractivity contribution in [3.8, 4) is 11.5 Å². The van der Waals surface area contributed by atoms with E-state index in [1.165, 1.54) is 83.5 Å². The van der Waals surface area contributed by atoms with Crippen LogP contribution >= 0.6 is 11.3 Å². The van der Waals surface area contributed by atoms with Gasteiger partial charge in [0, 0.05) is 5.56 Å². The topological polar surface area (TPSA) is 51.4 Å². The number of carbonyl (C=O) groups is 1. The molecule has 226 valence electrons. The molecule has 0 saturated carbocycles. The van der Waals surface area contributed by atoms with E-state index < -0.39 is 0 Å². The Kier molecular flexibility index (Phi) is 18.9. The fraction of sp³-hybridized carbons (Fsp3) is 0.529. The van der Waals surface area contributed by atoms with Crippen molar-refractivity contribution in [1.82, 2.24) is 0 Å². The second-order valence-corrected chi connectivity index (χ2v) is 11.4. The van der Waals surface area contributed by atoms with Crippen LogP contribution in [0.1, 0.15) is 102 Å². The van der Waals surface area contributed by atoms with Gasteiger partial charge in [-0.3, -0.25) is 4.79 Å². The van der Waals surface area contributed by atoms with Gasteiger partial charge in [-0.25, -0.2) is 0 Å². The van der Waals surface area contributed by atoms with Crippen LogP contribution in [0.5, 0.6) is 11.5 Å². The molecule has 0 aliphatic heterocycles. The van der Waals surface area contributed by atoms with Crippen LogP contribution in [-0.2, 0) is 11.3 Å². The van der Waals surface area contributed by atoms with Crippen molar-refractivity contribution in [2.75, 3.05) is 18.5 Å². The van der Waals surface area contributed by atoms with E-state index in [1.54, 1.807) is 11.3 Å². The number of unbranched alkanes of at least 4 members (excludes halogenated alkanes) is 13. The Bertz CT molecular complexity index is 1060. The molecule has 0 aliphatic rings. The van der Waals surface area contributed by atoms with Gasteiger partial charge in [0.2, 0.25) is 5.51 Å². The molecular formula is C34H49BrN2O3S. The summed E-state index contributed by atoms with van der Waals surface area (Å²) in [6.07, 6.45) is 21.0. The van der Waals surface area contributed by atoms with Gasteiger partial charge in [-0.1, -0.05) is 120 Å². The Hall–Kier alpha value is -2.38. The highest BCUT2D eigenvalue weighted by Gasteiger charge is 2.11. The molecule has 41 heavy (non-hydrogen) atoms. The van der Waals surface area contributed by atoms with Crippen LogP contribution in [0.3, 0.4) is 0 Å². The number of nitrogens with zero attached hydrogens (tertiary/aromatic N) is 1. The van der Waals surface area contributed by atoms with Crippen LogP contribution in [0.4, 0.5) is 5.69 Å². The third kappa shape index (κ3) is 15.4.